The lowest BCUT2D eigenvalue weighted by Gasteiger charge is -2.47. The van der Waals surface area contributed by atoms with Crippen LogP contribution in [0.3, 0.4) is 0 Å². The van der Waals surface area contributed by atoms with E-state index in [0.29, 0.717) is 4.99 Å². The second-order valence-corrected chi connectivity index (χ2v) is 8.22. The van der Waals surface area contributed by atoms with Gasteiger partial charge in [0.15, 0.2) is 12.6 Å². The van der Waals surface area contributed by atoms with E-state index in [-0.39, 0.29) is 4.99 Å². The fourth-order valence-electron chi connectivity index (χ4n) is 3.38. The number of hydrogen-bond acceptors (Lipinski definition) is 11. The first-order chi connectivity index (χ1) is 13.6. The molecule has 0 radical (unpaired) electrons. The van der Waals surface area contributed by atoms with Crippen molar-refractivity contribution < 1.29 is 44.8 Å². The van der Waals surface area contributed by atoms with Gasteiger partial charge in [-0.25, -0.2) is 0 Å². The molecule has 168 valence electrons. The summed E-state index contributed by atoms with van der Waals surface area (Å²) in [5.41, 5.74) is 0. The lowest BCUT2D eigenvalue weighted by molar-refractivity contribution is -0.326. The molecule has 0 aliphatic carbocycles. The van der Waals surface area contributed by atoms with Crippen LogP contribution in [-0.4, -0.2) is 115 Å². The molecule has 0 aromatic carbocycles. The predicted octanol–water partition coefficient (Wildman–Crippen LogP) is -3.51. The quantitative estimate of drug-likeness (QED) is 0.185. The highest BCUT2D eigenvalue weighted by atomic mass is 32.1. The Balaban J connectivity index is 2.26. The summed E-state index contributed by atoms with van der Waals surface area (Å²) < 4.78 is 16.7. The lowest BCUT2D eigenvalue weighted by Crippen LogP contribution is -2.69. The van der Waals surface area contributed by atoms with Crippen LogP contribution in [0.4, 0.5) is 0 Å². The van der Waals surface area contributed by atoms with E-state index in [0.717, 1.165) is 0 Å². The molecule has 0 spiro atoms. The monoisotopic (exact) mass is 456 g/mol. The Bertz CT molecular complexity index is 587. The summed E-state index contributed by atoms with van der Waals surface area (Å²) in [6, 6.07) is -2.09. The molecular weight excluding hydrogens is 428 g/mol. The Kier molecular flexibility index (Phi) is 9.05. The molecule has 2 saturated heterocycles. The molecule has 8 N–H and O–H groups in total. The van der Waals surface area contributed by atoms with E-state index in [1.165, 1.54) is 0 Å². The smallest absolute Gasteiger partial charge is 0.181 e. The number of nitrogens with one attached hydrogen (secondary N) is 2. The van der Waals surface area contributed by atoms with Crippen molar-refractivity contribution in [2.45, 2.75) is 75.1 Å². The number of hydrogen-bond donors (Lipinski definition) is 8. The third-order valence-corrected chi connectivity index (χ3v) is 5.02. The van der Waals surface area contributed by atoms with E-state index < -0.39 is 74.5 Å². The molecule has 2 heterocycles. The SMILES string of the molecule is CC(=S)NC1C(O)[C@H](O)C(CO)O[C@H]1O[C@H]1C(CO)OC(O)[C@H](NC(C)=S)C1O. The number of ether oxygens (including phenoxy) is 3. The lowest BCUT2D eigenvalue weighted by atomic mass is 9.94. The fraction of sp³-hybridized carbons (Fsp3) is 0.875. The first-order valence-corrected chi connectivity index (χ1v) is 9.86. The van der Waals surface area contributed by atoms with Crippen molar-refractivity contribution in [2.75, 3.05) is 13.2 Å². The van der Waals surface area contributed by atoms with E-state index in [2.05, 4.69) is 10.6 Å². The molecule has 0 aromatic heterocycles. The van der Waals surface area contributed by atoms with E-state index >= 15 is 0 Å². The maximum atomic E-state index is 10.7. The van der Waals surface area contributed by atoms with Crippen molar-refractivity contribution >= 4 is 34.4 Å². The number of aliphatic hydroxyl groups is 6. The van der Waals surface area contributed by atoms with Gasteiger partial charge in [-0.05, 0) is 13.8 Å². The first kappa shape index (κ1) is 24.7. The molecule has 0 bridgehead atoms. The second-order valence-electron chi connectivity index (χ2n) is 7.00. The van der Waals surface area contributed by atoms with Crippen LogP contribution in [0, 0.1) is 0 Å². The van der Waals surface area contributed by atoms with Gasteiger partial charge in [0.05, 0.1) is 23.2 Å². The van der Waals surface area contributed by atoms with Crippen molar-refractivity contribution in [3.8, 4) is 0 Å². The van der Waals surface area contributed by atoms with Gasteiger partial charge in [0.1, 0.15) is 48.7 Å². The standard InChI is InChI=1S/C16H28N2O9S2/c1-5(28)17-9-13(23)14(8(4-20)25-15(9)24)27-16-10(18-6(2)29)12(22)11(21)7(3-19)26-16/h7-16,19-24H,3-4H2,1-2H3,(H,17,28)(H,18,29)/t7?,8?,9-,10?,11-,12?,13?,14+,15?,16+/m1/s1. The molecule has 29 heavy (non-hydrogen) atoms. The summed E-state index contributed by atoms with van der Waals surface area (Å²) >= 11 is 9.95. The zero-order valence-corrected chi connectivity index (χ0v) is 17.5. The first-order valence-electron chi connectivity index (χ1n) is 9.05. The van der Waals surface area contributed by atoms with Gasteiger partial charge in [0.2, 0.25) is 0 Å². The van der Waals surface area contributed by atoms with Crippen LogP contribution in [0.1, 0.15) is 13.8 Å². The van der Waals surface area contributed by atoms with Gasteiger partial charge in [-0.3, -0.25) is 0 Å². The number of aliphatic hydroxyl groups excluding tert-OH is 6. The molecule has 0 aromatic rings. The van der Waals surface area contributed by atoms with Crippen molar-refractivity contribution in [1.29, 1.82) is 0 Å². The van der Waals surface area contributed by atoms with Gasteiger partial charge in [0.25, 0.3) is 0 Å². The summed E-state index contributed by atoms with van der Waals surface area (Å²) in [6.07, 6.45) is -10.5. The Morgan fingerprint density at radius 1 is 0.828 bits per heavy atom. The van der Waals surface area contributed by atoms with E-state index in [1.807, 2.05) is 0 Å². The average Bonchev–Trinajstić information content (AvgIpc) is 2.65. The molecule has 6 unspecified atom stereocenters. The molecule has 0 amide bonds. The molecular formula is C16H28N2O9S2. The molecule has 10 atom stereocenters. The van der Waals surface area contributed by atoms with Gasteiger partial charge in [-0.1, -0.05) is 24.4 Å². The molecule has 2 aliphatic heterocycles. The Hall–Kier alpha value is -0.580. The summed E-state index contributed by atoms with van der Waals surface area (Å²) in [5, 5.41) is 65.9. The highest BCUT2D eigenvalue weighted by Gasteiger charge is 2.50. The Labute approximate surface area is 178 Å². The second kappa shape index (κ2) is 10.6. The maximum Gasteiger partial charge on any atom is 0.181 e. The minimum atomic E-state index is -1.47. The highest BCUT2D eigenvalue weighted by Crippen LogP contribution is 2.28. The highest BCUT2D eigenvalue weighted by molar-refractivity contribution is 7.80. The van der Waals surface area contributed by atoms with Crippen molar-refractivity contribution in [3.05, 3.63) is 0 Å². The van der Waals surface area contributed by atoms with Crippen LogP contribution in [0.2, 0.25) is 0 Å². The van der Waals surface area contributed by atoms with Gasteiger partial charge >= 0.3 is 0 Å². The summed E-state index contributed by atoms with van der Waals surface area (Å²) in [6.45, 7) is 1.92. The third-order valence-electron chi connectivity index (χ3n) is 4.78. The summed E-state index contributed by atoms with van der Waals surface area (Å²) in [5.74, 6) is 0. The zero-order chi connectivity index (χ0) is 21.9. The van der Waals surface area contributed by atoms with Crippen LogP contribution in [0.5, 0.6) is 0 Å². The Morgan fingerprint density at radius 2 is 1.38 bits per heavy atom. The average molecular weight is 457 g/mol. The predicted molar refractivity (Wildman–Crippen MR) is 107 cm³/mol. The van der Waals surface area contributed by atoms with Crippen LogP contribution in [0.15, 0.2) is 0 Å². The third kappa shape index (κ3) is 5.77. The van der Waals surface area contributed by atoms with Crippen LogP contribution in [-0.2, 0) is 14.2 Å². The molecule has 0 saturated carbocycles. The number of rotatable bonds is 6. The summed E-state index contributed by atoms with van der Waals surface area (Å²) in [7, 11) is 0. The molecule has 2 rings (SSSR count). The van der Waals surface area contributed by atoms with Crippen LogP contribution in [0.25, 0.3) is 0 Å². The normalized spacial score (nSPS) is 42.9. The van der Waals surface area contributed by atoms with Crippen molar-refractivity contribution in [1.82, 2.24) is 10.6 Å². The molecule has 2 fully saturated rings. The van der Waals surface area contributed by atoms with Crippen LogP contribution < -0.4 is 10.6 Å². The topological polar surface area (TPSA) is 173 Å². The maximum absolute atomic E-state index is 10.7. The largest absolute Gasteiger partial charge is 0.394 e. The molecule has 13 heteroatoms. The minimum absolute atomic E-state index is 0.284. The van der Waals surface area contributed by atoms with Gasteiger partial charge in [-0.2, -0.15) is 0 Å². The molecule has 11 nitrogen and oxygen atoms in total. The van der Waals surface area contributed by atoms with Gasteiger partial charge < -0.3 is 55.5 Å². The number of thiocarbonyl (C=S) groups is 2. The van der Waals surface area contributed by atoms with E-state index in [4.69, 9.17) is 38.6 Å². The zero-order valence-electron chi connectivity index (χ0n) is 15.9. The van der Waals surface area contributed by atoms with Crippen molar-refractivity contribution in [2.24, 2.45) is 0 Å². The summed E-state index contributed by atoms with van der Waals surface area (Å²) in [4.78, 5) is 0.577. The minimum Gasteiger partial charge on any atom is -0.394 e. The molecule has 2 aliphatic rings. The van der Waals surface area contributed by atoms with Gasteiger partial charge in [-0.15, -0.1) is 0 Å². The van der Waals surface area contributed by atoms with E-state index in [9.17, 15) is 30.6 Å². The van der Waals surface area contributed by atoms with E-state index in [1.54, 1.807) is 13.8 Å². The Morgan fingerprint density at radius 3 is 1.90 bits per heavy atom. The van der Waals surface area contributed by atoms with Crippen LogP contribution >= 0.6 is 24.4 Å². The van der Waals surface area contributed by atoms with Crippen molar-refractivity contribution in [3.63, 3.8) is 0 Å². The fourth-order valence-corrected chi connectivity index (χ4v) is 3.65. The van der Waals surface area contributed by atoms with Gasteiger partial charge in [0, 0.05) is 0 Å².